The van der Waals surface area contributed by atoms with Crippen LogP contribution in [-0.4, -0.2) is 38.5 Å². The highest BCUT2D eigenvalue weighted by atomic mass is 16.5. The molecule has 0 radical (unpaired) electrons. The van der Waals surface area contributed by atoms with Gasteiger partial charge in [-0.2, -0.15) is 0 Å². The molecule has 0 aliphatic carbocycles. The SMILES string of the molecule is COCCNC(=O)CNc1ccc(N)c(C(C)=O)c1. The van der Waals surface area contributed by atoms with Gasteiger partial charge in [-0.15, -0.1) is 0 Å². The number of amides is 1. The van der Waals surface area contributed by atoms with E-state index in [2.05, 4.69) is 10.6 Å². The second-order valence-corrected chi connectivity index (χ2v) is 4.05. The number of Topliss-reactive ketones (excluding diaryl/α,β-unsaturated/α-hetero) is 1. The predicted octanol–water partition coefficient (Wildman–Crippen LogP) is 0.646. The zero-order valence-electron chi connectivity index (χ0n) is 11.2. The van der Waals surface area contributed by atoms with Gasteiger partial charge in [0.05, 0.1) is 13.2 Å². The van der Waals surface area contributed by atoms with Gasteiger partial charge in [-0.05, 0) is 25.1 Å². The summed E-state index contributed by atoms with van der Waals surface area (Å²) in [5.74, 6) is -0.246. The lowest BCUT2D eigenvalue weighted by Crippen LogP contribution is -2.32. The molecule has 1 aromatic rings. The Labute approximate surface area is 112 Å². The second kappa shape index (κ2) is 7.38. The van der Waals surface area contributed by atoms with Crippen molar-refractivity contribution in [2.75, 3.05) is 37.9 Å². The van der Waals surface area contributed by atoms with E-state index in [-0.39, 0.29) is 18.2 Å². The van der Waals surface area contributed by atoms with Gasteiger partial charge in [0, 0.05) is 30.6 Å². The number of rotatable bonds is 7. The van der Waals surface area contributed by atoms with E-state index in [1.807, 2.05) is 0 Å². The molecule has 0 aliphatic rings. The molecule has 0 atom stereocenters. The molecule has 1 rings (SSSR count). The molecule has 0 aliphatic heterocycles. The summed E-state index contributed by atoms with van der Waals surface area (Å²) in [6.45, 7) is 2.53. The van der Waals surface area contributed by atoms with Crippen LogP contribution in [0.4, 0.5) is 11.4 Å². The van der Waals surface area contributed by atoms with Crippen molar-refractivity contribution in [3.63, 3.8) is 0 Å². The first-order valence-corrected chi connectivity index (χ1v) is 5.94. The smallest absolute Gasteiger partial charge is 0.239 e. The Bertz CT molecular complexity index is 460. The number of hydrogen-bond donors (Lipinski definition) is 3. The molecule has 0 heterocycles. The van der Waals surface area contributed by atoms with Crippen molar-refractivity contribution < 1.29 is 14.3 Å². The summed E-state index contributed by atoms with van der Waals surface area (Å²) >= 11 is 0. The van der Waals surface area contributed by atoms with Gasteiger partial charge in [-0.3, -0.25) is 9.59 Å². The van der Waals surface area contributed by atoms with Gasteiger partial charge >= 0.3 is 0 Å². The van der Waals surface area contributed by atoms with Crippen molar-refractivity contribution >= 4 is 23.1 Å². The number of anilines is 2. The highest BCUT2D eigenvalue weighted by Gasteiger charge is 2.06. The topological polar surface area (TPSA) is 93.4 Å². The average molecular weight is 265 g/mol. The van der Waals surface area contributed by atoms with Crippen LogP contribution in [0.5, 0.6) is 0 Å². The Balaban J connectivity index is 2.51. The van der Waals surface area contributed by atoms with Crippen molar-refractivity contribution in [1.82, 2.24) is 5.32 Å². The van der Waals surface area contributed by atoms with Gasteiger partial charge in [0.2, 0.25) is 5.91 Å². The molecule has 1 amide bonds. The molecule has 0 saturated heterocycles. The molecule has 0 saturated carbocycles. The quantitative estimate of drug-likeness (QED) is 0.382. The predicted molar refractivity (Wildman–Crippen MR) is 74.2 cm³/mol. The van der Waals surface area contributed by atoms with Gasteiger partial charge in [-0.25, -0.2) is 0 Å². The van der Waals surface area contributed by atoms with Crippen molar-refractivity contribution in [2.45, 2.75) is 6.92 Å². The molecule has 0 unspecified atom stereocenters. The minimum absolute atomic E-state index is 0.106. The van der Waals surface area contributed by atoms with Crippen LogP contribution in [0, 0.1) is 0 Å². The number of ketones is 1. The number of nitrogen functional groups attached to an aromatic ring is 1. The minimum Gasteiger partial charge on any atom is -0.398 e. The van der Waals surface area contributed by atoms with Gasteiger partial charge in [-0.1, -0.05) is 0 Å². The molecule has 6 heteroatoms. The highest BCUT2D eigenvalue weighted by molar-refractivity contribution is 6.00. The fourth-order valence-corrected chi connectivity index (χ4v) is 1.51. The van der Waals surface area contributed by atoms with E-state index >= 15 is 0 Å². The fraction of sp³-hybridized carbons (Fsp3) is 0.385. The Hall–Kier alpha value is -2.08. The van der Waals surface area contributed by atoms with Crippen molar-refractivity contribution in [1.29, 1.82) is 0 Å². The lowest BCUT2D eigenvalue weighted by Gasteiger charge is -2.09. The van der Waals surface area contributed by atoms with Crippen molar-refractivity contribution in [3.8, 4) is 0 Å². The number of methoxy groups -OCH3 is 1. The van der Waals surface area contributed by atoms with Crippen LogP contribution in [0.1, 0.15) is 17.3 Å². The molecule has 4 N–H and O–H groups in total. The maximum Gasteiger partial charge on any atom is 0.239 e. The molecular formula is C13H19N3O3. The van der Waals surface area contributed by atoms with Gasteiger partial charge < -0.3 is 21.1 Å². The average Bonchev–Trinajstić information content (AvgIpc) is 2.37. The van der Waals surface area contributed by atoms with E-state index in [0.717, 1.165) is 0 Å². The van der Waals surface area contributed by atoms with Crippen LogP contribution in [0.15, 0.2) is 18.2 Å². The van der Waals surface area contributed by atoms with Crippen molar-refractivity contribution in [2.24, 2.45) is 0 Å². The number of nitrogens with two attached hydrogens (primary N) is 1. The van der Waals surface area contributed by atoms with E-state index in [1.54, 1.807) is 25.3 Å². The van der Waals surface area contributed by atoms with E-state index < -0.39 is 0 Å². The summed E-state index contributed by atoms with van der Waals surface area (Å²) in [6.07, 6.45) is 0. The fourth-order valence-electron chi connectivity index (χ4n) is 1.51. The minimum atomic E-state index is -0.141. The second-order valence-electron chi connectivity index (χ2n) is 4.05. The normalized spacial score (nSPS) is 10.0. The Morgan fingerprint density at radius 1 is 1.37 bits per heavy atom. The zero-order valence-corrected chi connectivity index (χ0v) is 11.2. The lowest BCUT2D eigenvalue weighted by molar-refractivity contribution is -0.119. The highest BCUT2D eigenvalue weighted by Crippen LogP contribution is 2.18. The summed E-state index contributed by atoms with van der Waals surface area (Å²) in [7, 11) is 1.57. The summed E-state index contributed by atoms with van der Waals surface area (Å²) in [5.41, 5.74) is 7.25. The number of hydrogen-bond acceptors (Lipinski definition) is 5. The van der Waals surface area contributed by atoms with Gasteiger partial charge in [0.15, 0.2) is 5.78 Å². The number of ether oxygens (including phenoxy) is 1. The summed E-state index contributed by atoms with van der Waals surface area (Å²) in [4.78, 5) is 22.8. The van der Waals surface area contributed by atoms with Crippen LogP contribution in [0.3, 0.4) is 0 Å². The molecule has 1 aromatic carbocycles. The molecule has 6 nitrogen and oxygen atoms in total. The van der Waals surface area contributed by atoms with E-state index in [1.165, 1.54) is 6.92 Å². The molecular weight excluding hydrogens is 246 g/mol. The third-order valence-corrected chi connectivity index (χ3v) is 2.51. The van der Waals surface area contributed by atoms with E-state index in [9.17, 15) is 9.59 Å². The first-order valence-electron chi connectivity index (χ1n) is 5.94. The van der Waals surface area contributed by atoms with Crippen LogP contribution < -0.4 is 16.4 Å². The van der Waals surface area contributed by atoms with Crippen LogP contribution in [-0.2, 0) is 9.53 Å². The van der Waals surface area contributed by atoms with Crippen LogP contribution >= 0.6 is 0 Å². The standard InChI is InChI=1S/C13H19N3O3/c1-9(17)11-7-10(3-4-12(11)14)16-8-13(18)15-5-6-19-2/h3-4,7,16H,5-6,8,14H2,1-2H3,(H,15,18). The lowest BCUT2D eigenvalue weighted by atomic mass is 10.1. The largest absolute Gasteiger partial charge is 0.398 e. The summed E-state index contributed by atoms with van der Waals surface area (Å²) in [6, 6.07) is 5.01. The maximum atomic E-state index is 11.5. The Morgan fingerprint density at radius 2 is 2.11 bits per heavy atom. The monoisotopic (exact) mass is 265 g/mol. The van der Waals surface area contributed by atoms with Gasteiger partial charge in [0.1, 0.15) is 0 Å². The molecule has 104 valence electrons. The summed E-state index contributed by atoms with van der Waals surface area (Å²) in [5, 5.41) is 5.62. The Kier molecular flexibility index (Phi) is 5.81. The van der Waals surface area contributed by atoms with Crippen LogP contribution in [0.2, 0.25) is 0 Å². The van der Waals surface area contributed by atoms with Gasteiger partial charge in [0.25, 0.3) is 0 Å². The number of nitrogens with one attached hydrogen (secondary N) is 2. The molecule has 0 aromatic heterocycles. The zero-order chi connectivity index (χ0) is 14.3. The first kappa shape index (κ1) is 15.0. The van der Waals surface area contributed by atoms with Crippen LogP contribution in [0.25, 0.3) is 0 Å². The third kappa shape index (κ3) is 4.97. The van der Waals surface area contributed by atoms with E-state index in [4.69, 9.17) is 10.5 Å². The maximum absolute atomic E-state index is 11.5. The summed E-state index contributed by atoms with van der Waals surface area (Å²) < 4.78 is 4.82. The molecule has 0 spiro atoms. The molecule has 0 fully saturated rings. The molecule has 19 heavy (non-hydrogen) atoms. The Morgan fingerprint density at radius 3 is 2.74 bits per heavy atom. The van der Waals surface area contributed by atoms with Crippen molar-refractivity contribution in [3.05, 3.63) is 23.8 Å². The third-order valence-electron chi connectivity index (χ3n) is 2.51. The molecule has 0 bridgehead atoms. The van der Waals surface area contributed by atoms with E-state index in [0.29, 0.717) is 30.1 Å². The number of benzene rings is 1. The number of carbonyl (C=O) groups is 2. The first-order chi connectivity index (χ1) is 9.04. The number of carbonyl (C=O) groups excluding carboxylic acids is 2.